The number of aliphatic imine (C=N–C) groups is 1. The Morgan fingerprint density at radius 1 is 1.20 bits per heavy atom. The van der Waals surface area contributed by atoms with E-state index in [1.165, 1.54) is 0 Å². The van der Waals surface area contributed by atoms with Crippen LogP contribution in [-0.4, -0.2) is 74.9 Å². The molecule has 0 aromatic carbocycles. The molecule has 10 heteroatoms. The molecule has 1 unspecified atom stereocenters. The van der Waals surface area contributed by atoms with Crippen molar-refractivity contribution in [3.8, 4) is 0 Å². The van der Waals surface area contributed by atoms with Crippen LogP contribution in [0, 0.1) is 0 Å². The van der Waals surface area contributed by atoms with Gasteiger partial charge in [0.2, 0.25) is 10.0 Å². The maximum atomic E-state index is 12.2. The van der Waals surface area contributed by atoms with Gasteiger partial charge in [0.1, 0.15) is 5.60 Å². The highest BCUT2D eigenvalue weighted by Gasteiger charge is 2.27. The molecule has 9 nitrogen and oxygen atoms in total. The number of carbonyl (C=O) groups is 1. The predicted octanol–water partition coefficient (Wildman–Crippen LogP) is 2.05. The normalized spacial score (nSPS) is 18.0. The zero-order valence-corrected chi connectivity index (χ0v) is 20.3. The van der Waals surface area contributed by atoms with Crippen molar-refractivity contribution in [1.29, 1.82) is 0 Å². The van der Waals surface area contributed by atoms with Crippen molar-refractivity contribution in [3.05, 3.63) is 0 Å². The van der Waals surface area contributed by atoms with Crippen molar-refractivity contribution >= 4 is 22.1 Å². The Morgan fingerprint density at radius 3 is 2.33 bits per heavy atom. The Morgan fingerprint density at radius 2 is 1.83 bits per heavy atom. The number of hydrogen-bond donors (Lipinski definition) is 3. The van der Waals surface area contributed by atoms with Gasteiger partial charge in [-0.15, -0.1) is 0 Å². The third-order valence-electron chi connectivity index (χ3n) is 4.75. The smallest absolute Gasteiger partial charge is 0.407 e. The van der Waals surface area contributed by atoms with Gasteiger partial charge in [-0.3, -0.25) is 4.99 Å². The van der Waals surface area contributed by atoms with Crippen molar-refractivity contribution in [3.63, 3.8) is 0 Å². The zero-order valence-electron chi connectivity index (χ0n) is 19.5. The van der Waals surface area contributed by atoms with Gasteiger partial charge in [0, 0.05) is 38.8 Å². The summed E-state index contributed by atoms with van der Waals surface area (Å²) >= 11 is 0. The predicted molar refractivity (Wildman–Crippen MR) is 121 cm³/mol. The highest BCUT2D eigenvalue weighted by atomic mass is 32.2. The Hall–Kier alpha value is -1.55. The van der Waals surface area contributed by atoms with E-state index >= 15 is 0 Å². The second-order valence-corrected chi connectivity index (χ2v) is 10.8. The minimum Gasteiger partial charge on any atom is -0.444 e. The van der Waals surface area contributed by atoms with E-state index in [9.17, 15) is 13.2 Å². The zero-order chi connectivity index (χ0) is 22.8. The van der Waals surface area contributed by atoms with Crippen LogP contribution in [0.15, 0.2) is 4.99 Å². The molecule has 0 bridgehead atoms. The first-order valence-corrected chi connectivity index (χ1v) is 12.6. The van der Waals surface area contributed by atoms with Crippen LogP contribution in [0.3, 0.4) is 0 Å². The van der Waals surface area contributed by atoms with Crippen LogP contribution >= 0.6 is 0 Å². The number of ether oxygens (including phenoxy) is 1. The SMILES string of the molecule is CCCC(CNC(=NC)NC1CCN(S(=O)(=O)CCC)CC1)NC(=O)OC(C)(C)C. The molecular formula is C20H41N5O4S. The Labute approximate surface area is 182 Å². The van der Waals surface area contributed by atoms with Gasteiger partial charge in [-0.05, 0) is 46.5 Å². The second-order valence-electron chi connectivity index (χ2n) is 8.72. The molecule has 1 saturated heterocycles. The summed E-state index contributed by atoms with van der Waals surface area (Å²) in [7, 11) is -1.44. The maximum Gasteiger partial charge on any atom is 0.407 e. The van der Waals surface area contributed by atoms with Gasteiger partial charge in [-0.1, -0.05) is 20.3 Å². The number of amides is 1. The summed E-state index contributed by atoms with van der Waals surface area (Å²) in [5.74, 6) is 0.856. The van der Waals surface area contributed by atoms with Crippen LogP contribution in [0.2, 0.25) is 0 Å². The molecule has 0 aliphatic carbocycles. The van der Waals surface area contributed by atoms with Crippen LogP contribution in [0.5, 0.6) is 0 Å². The fourth-order valence-corrected chi connectivity index (χ4v) is 4.86. The average molecular weight is 448 g/mol. The van der Waals surface area contributed by atoms with Crippen LogP contribution < -0.4 is 16.0 Å². The van der Waals surface area contributed by atoms with Crippen LogP contribution in [0.25, 0.3) is 0 Å². The summed E-state index contributed by atoms with van der Waals surface area (Å²) in [5.41, 5.74) is -0.536. The van der Waals surface area contributed by atoms with Crippen LogP contribution in [-0.2, 0) is 14.8 Å². The first-order chi connectivity index (χ1) is 14.0. The highest BCUT2D eigenvalue weighted by molar-refractivity contribution is 7.89. The minimum atomic E-state index is -3.14. The number of carbonyl (C=O) groups excluding carboxylic acids is 1. The molecule has 0 saturated carbocycles. The van der Waals surface area contributed by atoms with Gasteiger partial charge < -0.3 is 20.7 Å². The monoisotopic (exact) mass is 447 g/mol. The lowest BCUT2D eigenvalue weighted by atomic mass is 10.1. The van der Waals surface area contributed by atoms with Gasteiger partial charge in [-0.25, -0.2) is 17.5 Å². The molecule has 0 aromatic heterocycles. The largest absolute Gasteiger partial charge is 0.444 e. The van der Waals surface area contributed by atoms with Gasteiger partial charge in [0.15, 0.2) is 5.96 Å². The molecule has 0 spiro atoms. The Balaban J connectivity index is 2.50. The summed E-state index contributed by atoms with van der Waals surface area (Å²) in [4.78, 5) is 16.3. The fraction of sp³-hybridized carbons (Fsp3) is 0.900. The van der Waals surface area contributed by atoms with Crippen molar-refractivity contribution in [1.82, 2.24) is 20.3 Å². The third-order valence-corrected chi connectivity index (χ3v) is 6.82. The van der Waals surface area contributed by atoms with E-state index in [4.69, 9.17) is 4.74 Å². The summed E-state index contributed by atoms with van der Waals surface area (Å²) in [6, 6.07) is 0.0807. The Bertz CT molecular complexity index is 653. The molecular weight excluding hydrogens is 406 g/mol. The molecule has 30 heavy (non-hydrogen) atoms. The topological polar surface area (TPSA) is 112 Å². The molecule has 3 N–H and O–H groups in total. The number of hydrogen-bond acceptors (Lipinski definition) is 5. The molecule has 0 aromatic rings. The first kappa shape index (κ1) is 26.5. The first-order valence-electron chi connectivity index (χ1n) is 10.9. The number of rotatable bonds is 9. The van der Waals surface area contributed by atoms with Crippen molar-refractivity contribution in [2.24, 2.45) is 4.99 Å². The van der Waals surface area contributed by atoms with Crippen molar-refractivity contribution < 1.29 is 17.9 Å². The summed E-state index contributed by atoms with van der Waals surface area (Å²) < 4.78 is 31.4. The van der Waals surface area contributed by atoms with E-state index in [2.05, 4.69) is 27.9 Å². The molecule has 1 heterocycles. The molecule has 1 rings (SSSR count). The summed E-state index contributed by atoms with van der Waals surface area (Å²) in [5, 5.41) is 9.55. The molecule has 176 valence electrons. The lowest BCUT2D eigenvalue weighted by Gasteiger charge is -2.32. The third kappa shape index (κ3) is 9.97. The number of piperidine rings is 1. The lowest BCUT2D eigenvalue weighted by molar-refractivity contribution is 0.0502. The van der Waals surface area contributed by atoms with E-state index in [0.717, 1.165) is 25.7 Å². The van der Waals surface area contributed by atoms with E-state index in [0.29, 0.717) is 32.0 Å². The van der Waals surface area contributed by atoms with Crippen LogP contribution in [0.1, 0.15) is 66.7 Å². The standard InChI is InChI=1S/C20H41N5O4S/c1-7-9-17(24-19(26)29-20(3,4)5)15-22-18(21-6)23-16-10-12-25(13-11-16)30(27,28)14-8-2/h16-17H,7-15H2,1-6H3,(H,24,26)(H2,21,22,23). The number of alkyl carbamates (subject to hydrolysis) is 1. The molecule has 1 atom stereocenters. The van der Waals surface area contributed by atoms with E-state index < -0.39 is 21.7 Å². The molecule has 1 amide bonds. The number of guanidine groups is 1. The maximum absolute atomic E-state index is 12.2. The number of nitrogens with one attached hydrogen (secondary N) is 3. The van der Waals surface area contributed by atoms with Crippen LogP contribution in [0.4, 0.5) is 4.79 Å². The minimum absolute atomic E-state index is 0.0792. The molecule has 1 aliphatic rings. The second kappa shape index (κ2) is 12.3. The Kier molecular flexibility index (Phi) is 10.9. The van der Waals surface area contributed by atoms with Gasteiger partial charge in [0.25, 0.3) is 0 Å². The van der Waals surface area contributed by atoms with Gasteiger partial charge in [-0.2, -0.15) is 0 Å². The van der Waals surface area contributed by atoms with E-state index in [1.54, 1.807) is 11.4 Å². The number of sulfonamides is 1. The molecule has 0 radical (unpaired) electrons. The van der Waals surface area contributed by atoms with Crippen molar-refractivity contribution in [2.45, 2.75) is 84.4 Å². The van der Waals surface area contributed by atoms with Gasteiger partial charge >= 0.3 is 6.09 Å². The lowest BCUT2D eigenvalue weighted by Crippen LogP contribution is -2.52. The van der Waals surface area contributed by atoms with E-state index in [-0.39, 0.29) is 17.8 Å². The molecule has 1 fully saturated rings. The van der Waals surface area contributed by atoms with Gasteiger partial charge in [0.05, 0.1) is 5.75 Å². The van der Waals surface area contributed by atoms with E-state index in [1.807, 2.05) is 27.7 Å². The quantitative estimate of drug-likeness (QED) is 0.368. The van der Waals surface area contributed by atoms with Crippen molar-refractivity contribution in [2.75, 3.05) is 32.4 Å². The summed E-state index contributed by atoms with van der Waals surface area (Å²) in [6.07, 6.45) is 3.42. The summed E-state index contributed by atoms with van der Waals surface area (Å²) in [6.45, 7) is 11.0. The fourth-order valence-electron chi connectivity index (χ4n) is 3.32. The highest BCUT2D eigenvalue weighted by Crippen LogP contribution is 2.15. The number of nitrogens with zero attached hydrogens (tertiary/aromatic N) is 2. The average Bonchev–Trinajstić information content (AvgIpc) is 2.64. The molecule has 1 aliphatic heterocycles.